The van der Waals surface area contributed by atoms with Crippen LogP contribution in [0.25, 0.3) is 0 Å². The Morgan fingerprint density at radius 1 is 0.230 bits per heavy atom. The third kappa shape index (κ3) is 43.7. The van der Waals surface area contributed by atoms with E-state index in [0.717, 1.165) is 0 Å². The molecule has 0 aliphatic heterocycles. The van der Waals surface area contributed by atoms with Gasteiger partial charge >= 0.3 is 127 Å². The molecule has 0 spiro atoms. The Bertz CT molecular complexity index is 2810. The van der Waals surface area contributed by atoms with E-state index in [0.29, 0.717) is 23.7 Å². The molecule has 0 atom stereocenters. The van der Waals surface area contributed by atoms with Crippen LogP contribution >= 0.6 is 0 Å². The zero-order valence-electron chi connectivity index (χ0n) is 53.4. The number of hydrogen-bond acceptors (Lipinski definition) is 4. The first-order chi connectivity index (χ1) is 41.6. The molecular weight excluding hydrogens is 1830 g/mol. The van der Waals surface area contributed by atoms with Crippen molar-refractivity contribution in [3.05, 3.63) is 211 Å². The van der Waals surface area contributed by atoms with Crippen LogP contribution in [0.15, 0.2) is 121 Å². The maximum atomic E-state index is 11.7. The van der Waals surface area contributed by atoms with Crippen molar-refractivity contribution in [3.8, 4) is 0 Å². The number of alkyl halides is 24. The first-order valence-corrected chi connectivity index (χ1v) is 26.5. The van der Waals surface area contributed by atoms with Crippen molar-refractivity contribution in [2.24, 2.45) is 0 Å². The zero-order chi connectivity index (χ0) is 71.3. The smallest absolute Gasteiger partial charge is 1.00 e. The summed E-state index contributed by atoms with van der Waals surface area (Å²) >= 11 is 0. The number of rotatable bonds is 4. The van der Waals surface area contributed by atoms with Crippen LogP contribution in [0.5, 0.6) is 0 Å². The second-order valence-electron chi connectivity index (χ2n) is 20.7. The predicted octanol–water partition coefficient (Wildman–Crippen LogP) is 8.79. The van der Waals surface area contributed by atoms with Gasteiger partial charge in [0.15, 0.2) is 0 Å². The van der Waals surface area contributed by atoms with E-state index in [2.05, 4.69) is 221 Å². The Kier molecular flexibility index (Phi) is 53.5. The standard InChI is InChI=1S/4C10H14.4C5HF6N2.4ClH.4Ru/c4*1-8(2)10-6-4-9(3)5-7-10;4*6-4(7,8)2-1-3(13-12-2)5(9,10)11;;;;;;;;/h4*4-8H,1-3H3;4*1H;4*1H;;;;/q;;;;4*-1;;;;;4*+2/p-4. The molecule has 0 saturated heterocycles. The summed E-state index contributed by atoms with van der Waals surface area (Å²) in [5.41, 5.74) is -2.08. The van der Waals surface area contributed by atoms with Gasteiger partial charge in [0.25, 0.3) is 0 Å². The number of aryl methyl sites for hydroxylation is 4. The van der Waals surface area contributed by atoms with Crippen LogP contribution in [0.3, 0.4) is 0 Å². The topological polar surface area (TPSA) is 108 Å². The van der Waals surface area contributed by atoms with Crippen molar-refractivity contribution in [2.75, 3.05) is 0 Å². The van der Waals surface area contributed by atoms with E-state index in [1.807, 2.05) is 0 Å². The van der Waals surface area contributed by atoms with Crippen molar-refractivity contribution >= 4 is 0 Å². The molecule has 0 saturated carbocycles. The fourth-order valence-corrected chi connectivity index (χ4v) is 6.09. The Morgan fingerprint density at radius 3 is 0.420 bits per heavy atom. The molecule has 0 N–H and O–H groups in total. The molecule has 0 fully saturated rings. The number of hydrogen-bond donors (Lipinski definition) is 0. The summed E-state index contributed by atoms with van der Waals surface area (Å²) in [5.74, 6) is 2.61. The predicted molar refractivity (Wildman–Crippen MR) is 291 cm³/mol. The van der Waals surface area contributed by atoms with Crippen LogP contribution in [-0.2, 0) is 127 Å². The molecule has 8 aromatic rings. The summed E-state index contributed by atoms with van der Waals surface area (Å²) < 4.78 is 281. The summed E-state index contributed by atoms with van der Waals surface area (Å²) in [4.78, 5) is 0. The molecule has 8 nitrogen and oxygen atoms in total. The van der Waals surface area contributed by atoms with E-state index >= 15 is 0 Å². The van der Waals surface area contributed by atoms with Crippen molar-refractivity contribution in [1.82, 2.24) is 40.8 Å². The summed E-state index contributed by atoms with van der Waals surface area (Å²) in [6.07, 6.45) is -39.1. The van der Waals surface area contributed by atoms with Gasteiger partial charge < -0.3 is 90.4 Å². The molecule has 0 unspecified atom stereocenters. The van der Waals surface area contributed by atoms with Gasteiger partial charge in [-0.1, -0.05) is 175 Å². The van der Waals surface area contributed by atoms with Gasteiger partial charge in [0.2, 0.25) is 0 Å². The fraction of sp³-hybridized carbons (Fsp3) is 0.400. The minimum atomic E-state index is -4.89. The molecule has 568 valence electrons. The molecule has 4 heterocycles. The minimum Gasteiger partial charge on any atom is -1.00 e. The molecule has 40 heteroatoms. The van der Waals surface area contributed by atoms with Gasteiger partial charge in [-0.2, -0.15) is 105 Å². The monoisotopic (exact) mass is 1900 g/mol. The van der Waals surface area contributed by atoms with Crippen LogP contribution in [0.4, 0.5) is 105 Å². The molecule has 4 aromatic carbocycles. The quantitative estimate of drug-likeness (QED) is 0.127. The number of aromatic nitrogens is 8. The van der Waals surface area contributed by atoms with Gasteiger partial charge in [-0.15, -0.1) is 0 Å². The van der Waals surface area contributed by atoms with Crippen molar-refractivity contribution < 1.29 is 233 Å². The number of halogens is 28. The van der Waals surface area contributed by atoms with Crippen LogP contribution < -0.4 is 70.0 Å². The maximum Gasteiger partial charge on any atom is 2.00 e. The Labute approximate surface area is 636 Å². The summed E-state index contributed by atoms with van der Waals surface area (Å²) in [7, 11) is 0. The minimum absolute atomic E-state index is 0. The first-order valence-electron chi connectivity index (χ1n) is 26.5. The Morgan fingerprint density at radius 2 is 0.350 bits per heavy atom. The zero-order valence-corrected chi connectivity index (χ0v) is 63.4. The van der Waals surface area contributed by atoms with E-state index < -0.39 is 95.0 Å². The van der Waals surface area contributed by atoms with E-state index in [-0.39, 0.29) is 152 Å². The third-order valence-corrected chi connectivity index (χ3v) is 11.5. The van der Waals surface area contributed by atoms with E-state index in [4.69, 9.17) is 0 Å². The SMILES string of the molecule is Cc1ccc(C(C)C)cc1.Cc1ccc(C(C)C)cc1.Cc1ccc(C(C)C)cc1.Cc1ccc(C(C)C)cc1.FC(F)(F)c1cc(C(F)(F)F)[n-]n1.FC(F)(F)c1cc(C(F)(F)F)[n-]n1.FC(F)(F)c1cc(C(F)(F)F)[n-]n1.FC(F)(F)c1cc(C(F)(F)F)[n-]n1.[Cl-].[Cl-].[Cl-].[Cl-].[Ru+2].[Ru+2].[Ru+2].[Ru+2]. The molecule has 100 heavy (non-hydrogen) atoms. The molecule has 0 aliphatic carbocycles. The molecule has 8 rings (SSSR count). The molecular formula is C60H60Cl4F24N8Ru4. The summed E-state index contributed by atoms with van der Waals surface area (Å²) in [6, 6.07) is 34.3. The van der Waals surface area contributed by atoms with E-state index in [9.17, 15) is 105 Å². The average Bonchev–Trinajstić information content (AvgIpc) is 1.71. The Balaban J connectivity index is -0.000000160. The molecule has 0 bridgehead atoms. The molecule has 4 aromatic heterocycles. The van der Waals surface area contributed by atoms with Gasteiger partial charge in [0.1, 0.15) is 22.8 Å². The third-order valence-electron chi connectivity index (χ3n) is 11.5. The fourth-order valence-electron chi connectivity index (χ4n) is 6.09. The van der Waals surface area contributed by atoms with Gasteiger partial charge in [-0.05, 0) is 121 Å². The van der Waals surface area contributed by atoms with Gasteiger partial charge in [-0.3, -0.25) is 0 Å². The van der Waals surface area contributed by atoms with Crippen molar-refractivity contribution in [2.45, 2.75) is 156 Å². The molecule has 0 radical (unpaired) electrons. The summed E-state index contributed by atoms with van der Waals surface area (Å²) in [6.45, 7) is 26.2. The van der Waals surface area contributed by atoms with E-state index in [1.54, 1.807) is 0 Å². The first kappa shape index (κ1) is 112. The number of nitrogens with zero attached hydrogens (tertiary/aromatic N) is 8. The van der Waals surface area contributed by atoms with Gasteiger partial charge in [0.05, 0.1) is 0 Å². The van der Waals surface area contributed by atoms with Crippen LogP contribution in [0.2, 0.25) is 0 Å². The van der Waals surface area contributed by atoms with Crippen molar-refractivity contribution in [3.63, 3.8) is 0 Å². The van der Waals surface area contributed by atoms with Crippen molar-refractivity contribution in [1.29, 1.82) is 0 Å². The van der Waals surface area contributed by atoms with E-state index in [1.165, 1.54) is 44.5 Å². The maximum absolute atomic E-state index is 11.7. The van der Waals surface area contributed by atoms with Gasteiger partial charge in [0, 0.05) is 0 Å². The average molecular weight is 1900 g/mol. The van der Waals surface area contributed by atoms with Gasteiger partial charge in [-0.25, -0.2) is 0 Å². The van der Waals surface area contributed by atoms with Crippen LogP contribution in [0.1, 0.15) is 169 Å². The molecule has 0 aliphatic rings. The second kappa shape index (κ2) is 47.9. The second-order valence-corrected chi connectivity index (χ2v) is 20.7. The Hall–Kier alpha value is -4.31. The largest absolute Gasteiger partial charge is 2.00 e. The number of benzene rings is 4. The molecule has 0 amide bonds. The van der Waals surface area contributed by atoms with Crippen LogP contribution in [-0.4, -0.2) is 20.4 Å². The van der Waals surface area contributed by atoms with Crippen LogP contribution in [0, 0.1) is 27.7 Å². The summed E-state index contributed by atoms with van der Waals surface area (Å²) in [5, 5.41) is 18.9. The normalized spacial score (nSPS) is 11.1.